The molecule has 1 fully saturated rings. The van der Waals surface area contributed by atoms with Gasteiger partial charge in [-0.3, -0.25) is 9.59 Å². The first kappa shape index (κ1) is 13.6. The van der Waals surface area contributed by atoms with Crippen LogP contribution in [0.2, 0.25) is 0 Å². The Kier molecular flexibility index (Phi) is 3.87. The van der Waals surface area contributed by atoms with Gasteiger partial charge in [-0.1, -0.05) is 12.1 Å². The molecule has 2 aromatic rings. The molecular weight excluding hydrogens is 268 g/mol. The smallest absolute Gasteiger partial charge is 0.253 e. The Morgan fingerprint density at radius 2 is 2.00 bits per heavy atom. The molecule has 3 N–H and O–H groups in total. The molecule has 1 aliphatic heterocycles. The molecule has 0 bridgehead atoms. The van der Waals surface area contributed by atoms with Crippen LogP contribution < -0.4 is 10.6 Å². The van der Waals surface area contributed by atoms with Crippen molar-refractivity contribution in [2.45, 2.75) is 0 Å². The molecule has 1 aromatic carbocycles. The quantitative estimate of drug-likeness (QED) is 0.761. The molecule has 0 spiro atoms. The predicted molar refractivity (Wildman–Crippen MR) is 80.1 cm³/mol. The predicted octanol–water partition coefficient (Wildman–Crippen LogP) is 0.330. The molecule has 0 atom stereocenters. The highest BCUT2D eigenvalue weighted by molar-refractivity contribution is 6.06. The number of aromatic nitrogens is 1. The van der Waals surface area contributed by atoms with Crippen LogP contribution in [0.25, 0.3) is 10.9 Å². The van der Waals surface area contributed by atoms with Gasteiger partial charge in [0.2, 0.25) is 5.91 Å². The molecule has 0 saturated carbocycles. The minimum absolute atomic E-state index is 0.0376. The maximum atomic E-state index is 12.2. The van der Waals surface area contributed by atoms with Crippen LogP contribution in [-0.2, 0) is 4.79 Å². The van der Waals surface area contributed by atoms with E-state index >= 15 is 0 Å². The third-order valence-electron chi connectivity index (χ3n) is 3.70. The fourth-order valence-electron chi connectivity index (χ4n) is 2.55. The molecule has 1 saturated heterocycles. The number of aromatic amines is 1. The average Bonchev–Trinajstić information content (AvgIpc) is 3.01. The van der Waals surface area contributed by atoms with Crippen LogP contribution in [0.4, 0.5) is 0 Å². The van der Waals surface area contributed by atoms with Crippen LogP contribution in [-0.4, -0.2) is 54.4 Å². The number of hydrogen-bond acceptors (Lipinski definition) is 3. The number of rotatable bonds is 3. The van der Waals surface area contributed by atoms with Crippen molar-refractivity contribution in [3.63, 3.8) is 0 Å². The summed E-state index contributed by atoms with van der Waals surface area (Å²) in [6.07, 6.45) is 1.80. The lowest BCUT2D eigenvalue weighted by Crippen LogP contribution is -2.49. The minimum Gasteiger partial charge on any atom is -0.361 e. The fourth-order valence-corrected chi connectivity index (χ4v) is 2.55. The zero-order valence-electron chi connectivity index (χ0n) is 11.7. The van der Waals surface area contributed by atoms with E-state index < -0.39 is 0 Å². The van der Waals surface area contributed by atoms with Gasteiger partial charge in [0, 0.05) is 37.8 Å². The van der Waals surface area contributed by atoms with Gasteiger partial charge in [-0.2, -0.15) is 0 Å². The van der Waals surface area contributed by atoms with Crippen molar-refractivity contribution in [2.75, 3.05) is 32.7 Å². The zero-order valence-corrected chi connectivity index (χ0v) is 11.7. The van der Waals surface area contributed by atoms with Crippen LogP contribution in [0.15, 0.2) is 30.5 Å². The molecule has 6 nitrogen and oxygen atoms in total. The van der Waals surface area contributed by atoms with E-state index in [0.29, 0.717) is 18.7 Å². The third-order valence-corrected chi connectivity index (χ3v) is 3.70. The van der Waals surface area contributed by atoms with E-state index in [1.54, 1.807) is 17.2 Å². The van der Waals surface area contributed by atoms with Crippen molar-refractivity contribution in [1.29, 1.82) is 0 Å². The van der Waals surface area contributed by atoms with Crippen molar-refractivity contribution in [2.24, 2.45) is 0 Å². The number of amides is 2. The van der Waals surface area contributed by atoms with E-state index in [2.05, 4.69) is 15.6 Å². The molecule has 3 rings (SSSR count). The molecule has 21 heavy (non-hydrogen) atoms. The number of para-hydroxylation sites is 1. The van der Waals surface area contributed by atoms with Gasteiger partial charge in [-0.25, -0.2) is 0 Å². The van der Waals surface area contributed by atoms with Gasteiger partial charge in [0.25, 0.3) is 5.91 Å². The fraction of sp³-hybridized carbons (Fsp3) is 0.333. The van der Waals surface area contributed by atoms with Gasteiger partial charge >= 0.3 is 0 Å². The summed E-state index contributed by atoms with van der Waals surface area (Å²) in [7, 11) is 0. The highest BCUT2D eigenvalue weighted by Crippen LogP contribution is 2.16. The first-order valence-corrected chi connectivity index (χ1v) is 7.08. The van der Waals surface area contributed by atoms with E-state index in [-0.39, 0.29) is 18.4 Å². The second-order valence-electron chi connectivity index (χ2n) is 5.06. The monoisotopic (exact) mass is 286 g/mol. The van der Waals surface area contributed by atoms with E-state index in [0.717, 1.165) is 24.0 Å². The Hall–Kier alpha value is -2.34. The molecule has 6 heteroatoms. The molecule has 0 radical (unpaired) electrons. The highest BCUT2D eigenvalue weighted by Gasteiger charge is 2.17. The van der Waals surface area contributed by atoms with Gasteiger partial charge in [0.05, 0.1) is 17.6 Å². The average molecular weight is 286 g/mol. The number of carbonyl (C=O) groups is 2. The molecule has 1 aromatic heterocycles. The number of nitrogens with zero attached hydrogens (tertiary/aromatic N) is 1. The first-order valence-electron chi connectivity index (χ1n) is 7.08. The molecule has 2 amide bonds. The van der Waals surface area contributed by atoms with Gasteiger partial charge < -0.3 is 20.5 Å². The summed E-state index contributed by atoms with van der Waals surface area (Å²) in [6, 6.07) is 7.44. The second-order valence-corrected chi connectivity index (χ2v) is 5.06. The van der Waals surface area contributed by atoms with Crippen molar-refractivity contribution >= 4 is 22.7 Å². The second kappa shape index (κ2) is 5.97. The summed E-state index contributed by atoms with van der Waals surface area (Å²) in [6.45, 7) is 3.04. The summed E-state index contributed by atoms with van der Waals surface area (Å²) >= 11 is 0. The summed E-state index contributed by atoms with van der Waals surface area (Å²) in [5, 5.41) is 6.88. The van der Waals surface area contributed by atoms with E-state index in [9.17, 15) is 9.59 Å². The summed E-state index contributed by atoms with van der Waals surface area (Å²) in [5.74, 6) is -0.268. The van der Waals surface area contributed by atoms with Crippen molar-refractivity contribution in [3.8, 4) is 0 Å². The zero-order chi connectivity index (χ0) is 14.7. The highest BCUT2D eigenvalue weighted by atomic mass is 16.2. The number of nitrogens with one attached hydrogen (secondary N) is 3. The molecule has 1 aliphatic rings. The molecule has 110 valence electrons. The molecule has 0 aliphatic carbocycles. The van der Waals surface area contributed by atoms with E-state index in [1.165, 1.54) is 0 Å². The molecule has 2 heterocycles. The standard InChI is InChI=1S/C15H18N4O2/c20-13(19-8-6-16-7-9-19)10-18-15(21)12-3-1-2-11-4-5-17-14(11)12/h1-5,16-17H,6-10H2,(H,18,21). The molecular formula is C15H18N4O2. The van der Waals surface area contributed by atoms with Crippen molar-refractivity contribution < 1.29 is 9.59 Å². The Bertz CT molecular complexity index is 658. The maximum Gasteiger partial charge on any atom is 0.253 e. The number of fused-ring (bicyclic) bond motifs is 1. The van der Waals surface area contributed by atoms with E-state index in [4.69, 9.17) is 0 Å². The Labute approximate surface area is 122 Å². The summed E-state index contributed by atoms with van der Waals surface area (Å²) in [4.78, 5) is 29.1. The lowest BCUT2D eigenvalue weighted by molar-refractivity contribution is -0.130. The molecule has 0 unspecified atom stereocenters. The first-order chi connectivity index (χ1) is 10.3. The normalized spacial score (nSPS) is 15.1. The van der Waals surface area contributed by atoms with Gasteiger partial charge in [-0.15, -0.1) is 0 Å². The Morgan fingerprint density at radius 1 is 1.19 bits per heavy atom. The van der Waals surface area contributed by atoms with Crippen LogP contribution in [0.1, 0.15) is 10.4 Å². The van der Waals surface area contributed by atoms with Crippen LogP contribution in [0, 0.1) is 0 Å². The van der Waals surface area contributed by atoms with Crippen LogP contribution >= 0.6 is 0 Å². The third kappa shape index (κ3) is 2.90. The number of benzene rings is 1. The van der Waals surface area contributed by atoms with Gasteiger partial charge in [0.15, 0.2) is 0 Å². The summed E-state index contributed by atoms with van der Waals surface area (Å²) in [5.41, 5.74) is 1.36. The number of carbonyl (C=O) groups excluding carboxylic acids is 2. The number of H-pyrrole nitrogens is 1. The Balaban J connectivity index is 1.64. The lowest BCUT2D eigenvalue weighted by atomic mass is 10.1. The van der Waals surface area contributed by atoms with Gasteiger partial charge in [0.1, 0.15) is 0 Å². The minimum atomic E-state index is -0.230. The topological polar surface area (TPSA) is 77.2 Å². The van der Waals surface area contributed by atoms with Crippen molar-refractivity contribution in [3.05, 3.63) is 36.0 Å². The summed E-state index contributed by atoms with van der Waals surface area (Å²) < 4.78 is 0. The SMILES string of the molecule is O=C(NCC(=O)N1CCNCC1)c1cccc2cc[nH]c12. The van der Waals surface area contributed by atoms with Gasteiger partial charge in [-0.05, 0) is 12.1 Å². The largest absolute Gasteiger partial charge is 0.361 e. The van der Waals surface area contributed by atoms with E-state index in [1.807, 2.05) is 18.2 Å². The Morgan fingerprint density at radius 3 is 2.81 bits per heavy atom. The van der Waals surface area contributed by atoms with Crippen LogP contribution in [0.3, 0.4) is 0 Å². The maximum absolute atomic E-state index is 12.2. The lowest BCUT2D eigenvalue weighted by Gasteiger charge is -2.27. The van der Waals surface area contributed by atoms with Crippen LogP contribution in [0.5, 0.6) is 0 Å². The number of hydrogen-bond donors (Lipinski definition) is 3. The van der Waals surface area contributed by atoms with Crippen molar-refractivity contribution in [1.82, 2.24) is 20.5 Å². The number of piperazine rings is 1.